The molecule has 1 aromatic heterocycles. The Hall–Kier alpha value is -2.23. The summed E-state index contributed by atoms with van der Waals surface area (Å²) in [6.45, 7) is 1.51. The molecule has 2 heterocycles. The summed E-state index contributed by atoms with van der Waals surface area (Å²) in [5.41, 5.74) is 0.586. The molecule has 4 nitrogen and oxygen atoms in total. The van der Waals surface area contributed by atoms with Gasteiger partial charge in [0.15, 0.2) is 5.78 Å². The fraction of sp³-hybridized carbons (Fsp3) is 0.154. The number of allylic oxidation sites excluding steroid dienone is 2. The highest BCUT2D eigenvalue weighted by Crippen LogP contribution is 2.15. The Kier molecular flexibility index (Phi) is 3.45. The molecule has 2 rings (SSSR count). The summed E-state index contributed by atoms with van der Waals surface area (Å²) in [6, 6.07) is 3.29. The smallest absolute Gasteiger partial charge is 0.219 e. The Balaban J connectivity index is 2.16. The average molecular weight is 228 g/mol. The second-order valence-electron chi connectivity index (χ2n) is 3.57. The van der Waals surface area contributed by atoms with Crippen LogP contribution in [0.5, 0.6) is 5.88 Å². The minimum absolute atomic E-state index is 0.00925. The van der Waals surface area contributed by atoms with Gasteiger partial charge in [0.2, 0.25) is 5.88 Å². The molecule has 1 aliphatic rings. The monoisotopic (exact) mass is 228 g/mol. The van der Waals surface area contributed by atoms with E-state index in [1.54, 1.807) is 30.7 Å². The topological polar surface area (TPSA) is 51.5 Å². The Morgan fingerprint density at radius 2 is 2.35 bits per heavy atom. The number of hydrogen-bond acceptors (Lipinski definition) is 4. The van der Waals surface area contributed by atoms with Crippen LogP contribution >= 0.6 is 0 Å². The lowest BCUT2D eigenvalue weighted by Crippen LogP contribution is -1.98. The van der Waals surface area contributed by atoms with Gasteiger partial charge >= 0.3 is 0 Å². The predicted octanol–water partition coefficient (Wildman–Crippen LogP) is 2.54. The second-order valence-corrected chi connectivity index (χ2v) is 3.57. The fourth-order valence-corrected chi connectivity index (χ4v) is 1.36. The number of pyridine rings is 1. The summed E-state index contributed by atoms with van der Waals surface area (Å²) in [4.78, 5) is 19.3. The molecule has 0 saturated carbocycles. The van der Waals surface area contributed by atoms with Gasteiger partial charge in [-0.15, -0.1) is 0 Å². The number of ketones is 1. The number of hydrogen-bond donors (Lipinski definition) is 0. The Labute approximate surface area is 99.4 Å². The zero-order valence-electron chi connectivity index (χ0n) is 9.46. The van der Waals surface area contributed by atoms with E-state index in [2.05, 4.69) is 9.98 Å². The van der Waals surface area contributed by atoms with Crippen molar-refractivity contribution in [1.29, 1.82) is 0 Å². The fourth-order valence-electron chi connectivity index (χ4n) is 1.36. The number of ether oxygens (including phenoxy) is 1. The quantitative estimate of drug-likeness (QED) is 0.747. The van der Waals surface area contributed by atoms with Gasteiger partial charge in [0.25, 0.3) is 0 Å². The number of nitrogens with zero attached hydrogens (tertiary/aromatic N) is 2. The van der Waals surface area contributed by atoms with E-state index >= 15 is 0 Å². The molecule has 0 saturated heterocycles. The third-order valence-corrected chi connectivity index (χ3v) is 2.22. The highest BCUT2D eigenvalue weighted by molar-refractivity contribution is 5.94. The zero-order valence-corrected chi connectivity index (χ0v) is 9.46. The average Bonchev–Trinajstić information content (AvgIpc) is 2.58. The van der Waals surface area contributed by atoms with Crippen LogP contribution in [0.25, 0.3) is 0 Å². The van der Waals surface area contributed by atoms with Crippen molar-refractivity contribution in [2.45, 2.75) is 13.3 Å². The first-order valence-corrected chi connectivity index (χ1v) is 5.28. The predicted molar refractivity (Wildman–Crippen MR) is 65.2 cm³/mol. The first-order valence-electron chi connectivity index (χ1n) is 5.28. The number of Topliss-reactive ketones (excluding diaryl/α,β-unsaturated/α-hetero) is 1. The number of carbonyl (C=O) groups excluding carboxylic acids is 1. The van der Waals surface area contributed by atoms with Gasteiger partial charge in [-0.1, -0.05) is 6.08 Å². The van der Waals surface area contributed by atoms with Crippen LogP contribution in [-0.2, 0) is 0 Å². The molecule has 0 N–H and O–H groups in total. The molecule has 0 spiro atoms. The van der Waals surface area contributed by atoms with Gasteiger partial charge in [-0.3, -0.25) is 9.79 Å². The lowest BCUT2D eigenvalue weighted by molar-refractivity contribution is 0.101. The van der Waals surface area contributed by atoms with Crippen molar-refractivity contribution in [3.8, 4) is 5.88 Å². The molecule has 17 heavy (non-hydrogen) atoms. The largest absolute Gasteiger partial charge is 0.441 e. The highest BCUT2D eigenvalue weighted by Gasteiger charge is 2.05. The first kappa shape index (κ1) is 11.3. The molecule has 4 heteroatoms. The standard InChI is InChI=1S/C13H12N2O2/c1-10(16)11-5-7-15-13(8-11)17-12-4-2-3-6-14-9-12/h2-3,5-9H,4H2,1H3. The number of aliphatic imine (C=N–C) groups is 1. The van der Waals surface area contributed by atoms with E-state index in [0.717, 1.165) is 0 Å². The van der Waals surface area contributed by atoms with E-state index in [4.69, 9.17) is 4.74 Å². The molecule has 0 fully saturated rings. The molecular weight excluding hydrogens is 216 g/mol. The van der Waals surface area contributed by atoms with Gasteiger partial charge in [-0.05, 0) is 19.1 Å². The molecule has 0 atom stereocenters. The Morgan fingerprint density at radius 1 is 1.47 bits per heavy atom. The molecule has 0 amide bonds. The van der Waals surface area contributed by atoms with Crippen molar-refractivity contribution >= 4 is 12.0 Å². The van der Waals surface area contributed by atoms with E-state index in [9.17, 15) is 4.79 Å². The summed E-state index contributed by atoms with van der Waals surface area (Å²) in [5, 5.41) is 0. The van der Waals surface area contributed by atoms with E-state index in [-0.39, 0.29) is 5.78 Å². The molecule has 0 aromatic carbocycles. The van der Waals surface area contributed by atoms with Gasteiger partial charge < -0.3 is 4.74 Å². The van der Waals surface area contributed by atoms with Gasteiger partial charge in [-0.2, -0.15) is 0 Å². The molecule has 0 bridgehead atoms. The Bertz CT molecular complexity index is 516. The van der Waals surface area contributed by atoms with Crippen molar-refractivity contribution in [2.24, 2.45) is 4.99 Å². The van der Waals surface area contributed by atoms with Crippen LogP contribution in [-0.4, -0.2) is 17.0 Å². The lowest BCUT2D eigenvalue weighted by atomic mass is 10.2. The van der Waals surface area contributed by atoms with Gasteiger partial charge in [0, 0.05) is 30.5 Å². The minimum Gasteiger partial charge on any atom is -0.441 e. The summed E-state index contributed by atoms with van der Waals surface area (Å²) >= 11 is 0. The highest BCUT2D eigenvalue weighted by atomic mass is 16.5. The summed E-state index contributed by atoms with van der Waals surface area (Å²) in [5.74, 6) is 1.10. The maximum atomic E-state index is 11.2. The molecule has 0 aliphatic carbocycles. The number of carbonyl (C=O) groups is 1. The number of aromatic nitrogens is 1. The van der Waals surface area contributed by atoms with Gasteiger partial charge in [0.05, 0.1) is 6.20 Å². The van der Waals surface area contributed by atoms with Crippen molar-refractivity contribution < 1.29 is 9.53 Å². The van der Waals surface area contributed by atoms with Crippen LogP contribution in [0, 0.1) is 0 Å². The van der Waals surface area contributed by atoms with Crippen LogP contribution < -0.4 is 4.74 Å². The van der Waals surface area contributed by atoms with E-state index in [1.807, 2.05) is 12.2 Å². The molecule has 0 unspecified atom stereocenters. The number of rotatable bonds is 3. The van der Waals surface area contributed by atoms with Crippen LogP contribution in [0.2, 0.25) is 0 Å². The minimum atomic E-state index is -0.00925. The normalized spacial score (nSPS) is 14.1. The van der Waals surface area contributed by atoms with Crippen LogP contribution in [0.3, 0.4) is 0 Å². The van der Waals surface area contributed by atoms with Gasteiger partial charge in [-0.25, -0.2) is 4.98 Å². The third kappa shape index (κ3) is 3.11. The molecular formula is C13H12N2O2. The molecule has 0 radical (unpaired) electrons. The van der Waals surface area contributed by atoms with E-state index in [1.165, 1.54) is 6.92 Å². The molecule has 1 aliphatic heterocycles. The molecule has 86 valence electrons. The maximum absolute atomic E-state index is 11.2. The SMILES string of the molecule is CC(=O)c1ccnc(OC2=CN=CC=CC2)c1. The third-order valence-electron chi connectivity index (χ3n) is 2.22. The van der Waals surface area contributed by atoms with E-state index in [0.29, 0.717) is 23.6 Å². The molecule has 1 aromatic rings. The Morgan fingerprint density at radius 3 is 3.18 bits per heavy atom. The first-order chi connectivity index (χ1) is 8.25. The van der Waals surface area contributed by atoms with Crippen molar-refractivity contribution in [3.63, 3.8) is 0 Å². The van der Waals surface area contributed by atoms with Gasteiger partial charge in [0.1, 0.15) is 5.76 Å². The van der Waals surface area contributed by atoms with Crippen LogP contribution in [0.15, 0.2) is 47.4 Å². The zero-order chi connectivity index (χ0) is 12.1. The van der Waals surface area contributed by atoms with Crippen molar-refractivity contribution in [3.05, 3.63) is 48.0 Å². The van der Waals surface area contributed by atoms with Crippen molar-refractivity contribution in [1.82, 2.24) is 4.98 Å². The van der Waals surface area contributed by atoms with Crippen LogP contribution in [0.4, 0.5) is 0 Å². The maximum Gasteiger partial charge on any atom is 0.219 e. The summed E-state index contributed by atoms with van der Waals surface area (Å²) in [6.07, 6.45) is 9.34. The lowest BCUT2D eigenvalue weighted by Gasteiger charge is -2.06. The van der Waals surface area contributed by atoms with E-state index < -0.39 is 0 Å². The second kappa shape index (κ2) is 5.21. The van der Waals surface area contributed by atoms with Crippen molar-refractivity contribution in [2.75, 3.05) is 0 Å². The summed E-state index contributed by atoms with van der Waals surface area (Å²) < 4.78 is 5.56. The summed E-state index contributed by atoms with van der Waals surface area (Å²) in [7, 11) is 0. The van der Waals surface area contributed by atoms with Crippen LogP contribution in [0.1, 0.15) is 23.7 Å².